The van der Waals surface area contributed by atoms with E-state index in [1.54, 1.807) is 18.5 Å². The number of anilines is 1. The third kappa shape index (κ3) is 3.43. The molecule has 0 fully saturated rings. The minimum Gasteiger partial charge on any atom is -0.316 e. The number of nitrogens with zero attached hydrogens (tertiary/aromatic N) is 1. The lowest BCUT2D eigenvalue weighted by Crippen LogP contribution is -2.34. The highest BCUT2D eigenvalue weighted by Crippen LogP contribution is 2.22. The van der Waals surface area contributed by atoms with Crippen molar-refractivity contribution < 1.29 is 8.42 Å². The van der Waals surface area contributed by atoms with Crippen LogP contribution in [0.1, 0.15) is 13.8 Å². The van der Waals surface area contributed by atoms with Gasteiger partial charge in [0.15, 0.2) is 0 Å². The monoisotopic (exact) mass is 299 g/mol. The SMILES string of the molecule is CCNCC(C)S(=O)(=O)Nc1ccc2ncsc2c1. The summed E-state index contributed by atoms with van der Waals surface area (Å²) < 4.78 is 27.8. The Kier molecular flexibility index (Phi) is 4.38. The van der Waals surface area contributed by atoms with Crippen LogP contribution in [0.3, 0.4) is 0 Å². The molecule has 1 aromatic heterocycles. The number of hydrogen-bond acceptors (Lipinski definition) is 5. The highest BCUT2D eigenvalue weighted by Gasteiger charge is 2.20. The first kappa shape index (κ1) is 14.2. The summed E-state index contributed by atoms with van der Waals surface area (Å²) >= 11 is 1.49. The molecule has 0 bridgehead atoms. The average molecular weight is 299 g/mol. The van der Waals surface area contributed by atoms with Gasteiger partial charge in [-0.2, -0.15) is 0 Å². The van der Waals surface area contributed by atoms with Crippen LogP contribution >= 0.6 is 11.3 Å². The van der Waals surface area contributed by atoms with E-state index < -0.39 is 15.3 Å². The Hall–Kier alpha value is -1.18. The Morgan fingerprint density at radius 1 is 1.42 bits per heavy atom. The molecule has 0 aliphatic rings. The Labute approximate surface area is 117 Å². The summed E-state index contributed by atoms with van der Waals surface area (Å²) in [5, 5.41) is 2.56. The summed E-state index contributed by atoms with van der Waals surface area (Å²) in [7, 11) is -3.37. The number of benzene rings is 1. The first-order chi connectivity index (χ1) is 9.03. The van der Waals surface area contributed by atoms with Crippen LogP contribution in [0.4, 0.5) is 5.69 Å². The largest absolute Gasteiger partial charge is 0.316 e. The molecular formula is C12H17N3O2S2. The Morgan fingerprint density at radius 2 is 2.21 bits per heavy atom. The van der Waals surface area contributed by atoms with Crippen molar-refractivity contribution in [1.82, 2.24) is 10.3 Å². The highest BCUT2D eigenvalue weighted by atomic mass is 32.2. The van der Waals surface area contributed by atoms with Gasteiger partial charge >= 0.3 is 0 Å². The van der Waals surface area contributed by atoms with Crippen LogP contribution < -0.4 is 10.0 Å². The Morgan fingerprint density at radius 3 is 2.95 bits per heavy atom. The van der Waals surface area contributed by atoms with E-state index in [4.69, 9.17) is 0 Å². The molecule has 2 aromatic rings. The second-order valence-electron chi connectivity index (χ2n) is 4.30. The molecule has 0 saturated heterocycles. The fourth-order valence-corrected chi connectivity index (χ4v) is 3.35. The fraction of sp³-hybridized carbons (Fsp3) is 0.417. The van der Waals surface area contributed by atoms with Gasteiger partial charge in [-0.1, -0.05) is 6.92 Å². The van der Waals surface area contributed by atoms with Gasteiger partial charge in [-0.15, -0.1) is 11.3 Å². The van der Waals surface area contributed by atoms with Gasteiger partial charge in [0.05, 0.1) is 26.7 Å². The van der Waals surface area contributed by atoms with Crippen molar-refractivity contribution in [2.45, 2.75) is 19.1 Å². The molecule has 0 aliphatic heterocycles. The van der Waals surface area contributed by atoms with Crippen LogP contribution in [0, 0.1) is 0 Å². The van der Waals surface area contributed by atoms with E-state index in [-0.39, 0.29) is 0 Å². The maximum atomic E-state index is 12.1. The van der Waals surface area contributed by atoms with Gasteiger partial charge in [0, 0.05) is 6.54 Å². The van der Waals surface area contributed by atoms with E-state index in [1.807, 2.05) is 19.1 Å². The third-order valence-corrected chi connectivity index (χ3v) is 5.34. The molecule has 1 atom stereocenters. The van der Waals surface area contributed by atoms with E-state index in [0.29, 0.717) is 12.2 Å². The molecule has 19 heavy (non-hydrogen) atoms. The zero-order valence-electron chi connectivity index (χ0n) is 10.9. The smallest absolute Gasteiger partial charge is 0.236 e. The van der Waals surface area contributed by atoms with Gasteiger partial charge in [0.1, 0.15) is 0 Å². The first-order valence-electron chi connectivity index (χ1n) is 6.08. The maximum absolute atomic E-state index is 12.1. The van der Waals surface area contributed by atoms with Crippen LogP contribution in [-0.4, -0.2) is 31.7 Å². The third-order valence-electron chi connectivity index (χ3n) is 2.80. The van der Waals surface area contributed by atoms with E-state index in [1.165, 1.54) is 11.3 Å². The summed E-state index contributed by atoms with van der Waals surface area (Å²) in [6, 6.07) is 5.36. The molecule has 0 radical (unpaired) electrons. The minimum absolute atomic E-state index is 0.439. The van der Waals surface area contributed by atoms with E-state index >= 15 is 0 Å². The molecule has 0 aliphatic carbocycles. The molecule has 1 unspecified atom stereocenters. The van der Waals surface area contributed by atoms with Crippen molar-refractivity contribution in [3.05, 3.63) is 23.7 Å². The zero-order valence-corrected chi connectivity index (χ0v) is 12.5. The molecule has 0 amide bonds. The number of aromatic nitrogens is 1. The normalized spacial score (nSPS) is 13.6. The molecule has 1 heterocycles. The Balaban J connectivity index is 2.14. The molecular weight excluding hydrogens is 282 g/mol. The number of sulfonamides is 1. The Bertz CT molecular complexity index is 652. The van der Waals surface area contributed by atoms with Gasteiger partial charge in [0.25, 0.3) is 0 Å². The van der Waals surface area contributed by atoms with Crippen LogP contribution in [0.15, 0.2) is 23.7 Å². The molecule has 104 valence electrons. The number of fused-ring (bicyclic) bond motifs is 1. The number of nitrogens with one attached hydrogen (secondary N) is 2. The van der Waals surface area contributed by atoms with Crippen molar-refractivity contribution in [2.24, 2.45) is 0 Å². The summed E-state index contributed by atoms with van der Waals surface area (Å²) in [5.74, 6) is 0. The van der Waals surface area contributed by atoms with E-state index in [9.17, 15) is 8.42 Å². The van der Waals surface area contributed by atoms with Crippen molar-refractivity contribution in [3.63, 3.8) is 0 Å². The van der Waals surface area contributed by atoms with Gasteiger partial charge in [-0.25, -0.2) is 13.4 Å². The maximum Gasteiger partial charge on any atom is 0.236 e. The lowest BCUT2D eigenvalue weighted by Gasteiger charge is -2.15. The van der Waals surface area contributed by atoms with Crippen molar-refractivity contribution in [3.8, 4) is 0 Å². The van der Waals surface area contributed by atoms with Crippen LogP contribution in [0.25, 0.3) is 10.2 Å². The van der Waals surface area contributed by atoms with Crippen LogP contribution in [0.2, 0.25) is 0 Å². The molecule has 2 rings (SSSR count). The summed E-state index contributed by atoms with van der Waals surface area (Å²) in [5.41, 5.74) is 3.21. The molecule has 0 spiro atoms. The lowest BCUT2D eigenvalue weighted by atomic mass is 10.3. The predicted molar refractivity (Wildman–Crippen MR) is 80.2 cm³/mol. The number of hydrogen-bond donors (Lipinski definition) is 2. The molecule has 7 heteroatoms. The van der Waals surface area contributed by atoms with Gasteiger partial charge in [-0.05, 0) is 31.7 Å². The lowest BCUT2D eigenvalue weighted by molar-refractivity contribution is 0.579. The second-order valence-corrected chi connectivity index (χ2v) is 7.29. The van der Waals surface area contributed by atoms with Crippen LogP contribution in [-0.2, 0) is 10.0 Å². The fourth-order valence-electron chi connectivity index (χ4n) is 1.64. The molecule has 0 saturated carbocycles. The number of rotatable bonds is 6. The predicted octanol–water partition coefficient (Wildman–Crippen LogP) is 2.04. The van der Waals surface area contributed by atoms with Gasteiger partial charge < -0.3 is 5.32 Å². The second kappa shape index (κ2) is 5.85. The quantitative estimate of drug-likeness (QED) is 0.856. The van der Waals surface area contributed by atoms with Gasteiger partial charge in [0.2, 0.25) is 10.0 Å². The average Bonchev–Trinajstić information content (AvgIpc) is 2.82. The standard InChI is InChI=1S/C12H17N3O2S2/c1-3-13-7-9(2)19(16,17)15-10-4-5-11-12(6-10)18-8-14-11/h4-6,8-9,13,15H,3,7H2,1-2H3. The van der Waals surface area contributed by atoms with Crippen molar-refractivity contribution >= 4 is 37.3 Å². The van der Waals surface area contributed by atoms with Crippen LogP contribution in [0.5, 0.6) is 0 Å². The van der Waals surface area contributed by atoms with Gasteiger partial charge in [-0.3, -0.25) is 4.72 Å². The summed E-state index contributed by atoms with van der Waals surface area (Å²) in [4.78, 5) is 4.16. The van der Waals surface area contributed by atoms with Crippen molar-refractivity contribution in [2.75, 3.05) is 17.8 Å². The first-order valence-corrected chi connectivity index (χ1v) is 8.51. The molecule has 1 aromatic carbocycles. The number of thiazole rings is 1. The minimum atomic E-state index is -3.37. The summed E-state index contributed by atoms with van der Waals surface area (Å²) in [6.07, 6.45) is 0. The van der Waals surface area contributed by atoms with E-state index in [2.05, 4.69) is 15.0 Å². The molecule has 2 N–H and O–H groups in total. The topological polar surface area (TPSA) is 71.1 Å². The highest BCUT2D eigenvalue weighted by molar-refractivity contribution is 7.93. The molecule has 5 nitrogen and oxygen atoms in total. The van der Waals surface area contributed by atoms with E-state index in [0.717, 1.165) is 16.8 Å². The van der Waals surface area contributed by atoms with Crippen molar-refractivity contribution in [1.29, 1.82) is 0 Å². The summed E-state index contributed by atoms with van der Waals surface area (Å²) in [6.45, 7) is 4.84. The zero-order chi connectivity index (χ0) is 13.9.